The summed E-state index contributed by atoms with van der Waals surface area (Å²) < 4.78 is 38.1. The number of halogens is 3. The molecule has 0 atom stereocenters. The van der Waals surface area contributed by atoms with Crippen LogP contribution in [-0.2, 0) is 17.4 Å². The van der Waals surface area contributed by atoms with E-state index in [-0.39, 0.29) is 12.3 Å². The summed E-state index contributed by atoms with van der Waals surface area (Å²) in [4.78, 5) is 20.4. The molecule has 146 valence electrons. The molecule has 1 heterocycles. The maximum Gasteiger partial charge on any atom is 0.416 e. The lowest BCUT2D eigenvalue weighted by Crippen LogP contribution is -2.30. The SMILES string of the molecule is CCNc1nc(C)cc(NCCNC(=O)Cc2cccc(C(F)(F)F)c2)n1. The molecule has 0 unspecified atom stereocenters. The number of aryl methyl sites for hydroxylation is 1. The van der Waals surface area contributed by atoms with Gasteiger partial charge in [-0.25, -0.2) is 4.98 Å². The van der Waals surface area contributed by atoms with Gasteiger partial charge in [-0.1, -0.05) is 18.2 Å². The average molecular weight is 381 g/mol. The molecule has 0 saturated carbocycles. The Hall–Kier alpha value is -2.84. The van der Waals surface area contributed by atoms with E-state index in [1.54, 1.807) is 6.07 Å². The van der Waals surface area contributed by atoms with Crippen LogP contribution in [0.2, 0.25) is 0 Å². The lowest BCUT2D eigenvalue weighted by atomic mass is 10.1. The molecular formula is C18H22F3N5O. The number of amides is 1. The maximum absolute atomic E-state index is 12.7. The van der Waals surface area contributed by atoms with Gasteiger partial charge in [0.15, 0.2) is 0 Å². The van der Waals surface area contributed by atoms with Crippen LogP contribution in [0, 0.1) is 6.92 Å². The number of aromatic nitrogens is 2. The third-order valence-corrected chi connectivity index (χ3v) is 3.56. The van der Waals surface area contributed by atoms with Gasteiger partial charge in [0.25, 0.3) is 0 Å². The van der Waals surface area contributed by atoms with Crippen molar-refractivity contribution >= 4 is 17.7 Å². The van der Waals surface area contributed by atoms with Crippen molar-refractivity contribution in [2.75, 3.05) is 30.3 Å². The molecule has 1 aromatic heterocycles. The molecular weight excluding hydrogens is 359 g/mol. The van der Waals surface area contributed by atoms with Gasteiger partial charge in [-0.3, -0.25) is 4.79 Å². The molecule has 0 fully saturated rings. The van der Waals surface area contributed by atoms with Crippen LogP contribution in [0.15, 0.2) is 30.3 Å². The van der Waals surface area contributed by atoms with Crippen molar-refractivity contribution in [2.24, 2.45) is 0 Å². The first-order valence-electron chi connectivity index (χ1n) is 8.54. The van der Waals surface area contributed by atoms with Crippen molar-refractivity contribution in [2.45, 2.75) is 26.4 Å². The molecule has 9 heteroatoms. The molecule has 0 spiro atoms. The Labute approximate surface area is 155 Å². The predicted molar refractivity (Wildman–Crippen MR) is 97.6 cm³/mol. The van der Waals surface area contributed by atoms with Gasteiger partial charge in [-0.15, -0.1) is 0 Å². The summed E-state index contributed by atoms with van der Waals surface area (Å²) >= 11 is 0. The molecule has 1 aromatic carbocycles. The third-order valence-electron chi connectivity index (χ3n) is 3.56. The molecule has 1 amide bonds. The predicted octanol–water partition coefficient (Wildman–Crippen LogP) is 3.01. The molecule has 3 N–H and O–H groups in total. The van der Waals surface area contributed by atoms with Crippen LogP contribution in [0.5, 0.6) is 0 Å². The van der Waals surface area contributed by atoms with Crippen molar-refractivity contribution in [3.05, 3.63) is 47.2 Å². The van der Waals surface area contributed by atoms with Gasteiger partial charge in [-0.2, -0.15) is 18.2 Å². The minimum Gasteiger partial charge on any atom is -0.368 e. The van der Waals surface area contributed by atoms with E-state index in [0.29, 0.717) is 37.0 Å². The fraction of sp³-hybridized carbons (Fsp3) is 0.389. The van der Waals surface area contributed by atoms with Crippen LogP contribution in [0.1, 0.15) is 23.7 Å². The quantitative estimate of drug-likeness (QED) is 0.613. The van der Waals surface area contributed by atoms with E-state index in [2.05, 4.69) is 25.9 Å². The van der Waals surface area contributed by atoms with Crippen LogP contribution in [0.25, 0.3) is 0 Å². The van der Waals surface area contributed by atoms with Crippen LogP contribution in [0.3, 0.4) is 0 Å². The summed E-state index contributed by atoms with van der Waals surface area (Å²) in [5.74, 6) is 0.808. The number of anilines is 2. The summed E-state index contributed by atoms with van der Waals surface area (Å²) in [6.07, 6.45) is -4.53. The highest BCUT2D eigenvalue weighted by Gasteiger charge is 2.30. The van der Waals surface area contributed by atoms with E-state index < -0.39 is 11.7 Å². The molecule has 0 aliphatic carbocycles. The largest absolute Gasteiger partial charge is 0.416 e. The van der Waals surface area contributed by atoms with Gasteiger partial charge in [0.1, 0.15) is 5.82 Å². The topological polar surface area (TPSA) is 78.9 Å². The van der Waals surface area contributed by atoms with Gasteiger partial charge >= 0.3 is 6.18 Å². The Morgan fingerprint density at radius 2 is 1.89 bits per heavy atom. The second-order valence-electron chi connectivity index (χ2n) is 5.90. The first-order valence-corrected chi connectivity index (χ1v) is 8.54. The second-order valence-corrected chi connectivity index (χ2v) is 5.90. The average Bonchev–Trinajstić information content (AvgIpc) is 2.58. The minimum absolute atomic E-state index is 0.110. The summed E-state index contributed by atoms with van der Waals surface area (Å²) in [7, 11) is 0. The second kappa shape index (κ2) is 9.20. The van der Waals surface area contributed by atoms with Crippen molar-refractivity contribution in [3.63, 3.8) is 0 Å². The van der Waals surface area contributed by atoms with Crippen molar-refractivity contribution in [1.29, 1.82) is 0 Å². The standard InChI is InChI=1S/C18H22F3N5O/c1-3-22-17-25-12(2)9-15(26-17)23-7-8-24-16(27)11-13-5-4-6-14(10-13)18(19,20)21/h4-6,9-10H,3,7-8,11H2,1-2H3,(H,24,27)(H2,22,23,25,26). The number of alkyl halides is 3. The van der Waals surface area contributed by atoms with Crippen molar-refractivity contribution < 1.29 is 18.0 Å². The summed E-state index contributed by atoms with van der Waals surface area (Å²) in [6.45, 7) is 5.24. The normalized spacial score (nSPS) is 11.1. The number of nitrogens with zero attached hydrogens (tertiary/aromatic N) is 2. The number of benzene rings is 1. The van der Waals surface area contributed by atoms with Crippen molar-refractivity contribution in [1.82, 2.24) is 15.3 Å². The van der Waals surface area contributed by atoms with Gasteiger partial charge in [-0.05, 0) is 25.5 Å². The van der Waals surface area contributed by atoms with Gasteiger partial charge in [0, 0.05) is 31.4 Å². The Balaban J connectivity index is 1.80. The maximum atomic E-state index is 12.7. The molecule has 2 aromatic rings. The summed E-state index contributed by atoms with van der Waals surface area (Å²) in [6, 6.07) is 6.55. The number of hydrogen-bond acceptors (Lipinski definition) is 5. The number of carbonyl (C=O) groups excluding carboxylic acids is 1. The summed E-state index contributed by atoms with van der Waals surface area (Å²) in [5.41, 5.74) is 0.360. The van der Waals surface area contributed by atoms with Crippen LogP contribution < -0.4 is 16.0 Å². The third kappa shape index (κ3) is 6.76. The smallest absolute Gasteiger partial charge is 0.368 e. The lowest BCUT2D eigenvalue weighted by molar-refractivity contribution is -0.137. The fourth-order valence-corrected chi connectivity index (χ4v) is 2.39. The molecule has 27 heavy (non-hydrogen) atoms. The first kappa shape index (κ1) is 20.5. The van der Waals surface area contributed by atoms with Crippen LogP contribution >= 0.6 is 0 Å². The van der Waals surface area contributed by atoms with E-state index in [4.69, 9.17) is 0 Å². The van der Waals surface area contributed by atoms with Crippen LogP contribution in [-0.4, -0.2) is 35.5 Å². The number of hydrogen-bond donors (Lipinski definition) is 3. The highest BCUT2D eigenvalue weighted by Crippen LogP contribution is 2.29. The Bertz CT molecular complexity index is 780. The van der Waals surface area contributed by atoms with Gasteiger partial charge in [0.05, 0.1) is 12.0 Å². The number of rotatable bonds is 8. The molecule has 0 aliphatic heterocycles. The molecule has 0 aliphatic rings. The highest BCUT2D eigenvalue weighted by molar-refractivity contribution is 5.78. The molecule has 0 bridgehead atoms. The van der Waals surface area contributed by atoms with E-state index in [9.17, 15) is 18.0 Å². The highest BCUT2D eigenvalue weighted by atomic mass is 19.4. The Morgan fingerprint density at radius 1 is 1.11 bits per heavy atom. The van der Waals surface area contributed by atoms with E-state index in [1.807, 2.05) is 13.8 Å². The van der Waals surface area contributed by atoms with Crippen LogP contribution in [0.4, 0.5) is 24.9 Å². The van der Waals surface area contributed by atoms with E-state index in [1.165, 1.54) is 12.1 Å². The van der Waals surface area contributed by atoms with Gasteiger partial charge in [0.2, 0.25) is 11.9 Å². The Kier molecular flexibility index (Phi) is 6.98. The molecule has 0 radical (unpaired) electrons. The zero-order valence-electron chi connectivity index (χ0n) is 15.2. The minimum atomic E-state index is -4.42. The first-order chi connectivity index (χ1) is 12.8. The number of carbonyl (C=O) groups is 1. The molecule has 2 rings (SSSR count). The van der Waals surface area contributed by atoms with E-state index >= 15 is 0 Å². The molecule has 0 saturated heterocycles. The zero-order valence-corrected chi connectivity index (χ0v) is 15.2. The van der Waals surface area contributed by atoms with Gasteiger partial charge < -0.3 is 16.0 Å². The number of nitrogens with one attached hydrogen (secondary N) is 3. The Morgan fingerprint density at radius 3 is 2.59 bits per heavy atom. The molecule has 6 nitrogen and oxygen atoms in total. The van der Waals surface area contributed by atoms with Crippen molar-refractivity contribution in [3.8, 4) is 0 Å². The lowest BCUT2D eigenvalue weighted by Gasteiger charge is -2.11. The summed E-state index contributed by atoms with van der Waals surface area (Å²) in [5, 5.41) is 8.78. The monoisotopic (exact) mass is 381 g/mol. The zero-order chi connectivity index (χ0) is 19.9. The fourth-order valence-electron chi connectivity index (χ4n) is 2.39. The van der Waals surface area contributed by atoms with E-state index in [0.717, 1.165) is 17.8 Å².